The molecule has 0 amide bonds. The Morgan fingerprint density at radius 1 is 0.536 bits per heavy atom. The van der Waals surface area contributed by atoms with Crippen LogP contribution in [0.1, 0.15) is 34.3 Å². The average molecular weight is 368 g/mol. The van der Waals surface area contributed by atoms with Crippen molar-refractivity contribution in [1.82, 2.24) is 0 Å². The average Bonchev–Trinajstić information content (AvgIpc) is 3.45. The van der Waals surface area contributed by atoms with Crippen LogP contribution in [0.2, 0.25) is 0 Å². The van der Waals surface area contributed by atoms with Crippen molar-refractivity contribution < 1.29 is 9.47 Å². The first kappa shape index (κ1) is 16.8. The minimum absolute atomic E-state index is 0.0211. The van der Waals surface area contributed by atoms with Crippen molar-refractivity contribution >= 4 is 11.8 Å². The highest BCUT2D eigenvalue weighted by molar-refractivity contribution is 6.08. The molecule has 138 valence electrons. The van der Waals surface area contributed by atoms with Gasteiger partial charge in [-0.2, -0.15) is 0 Å². The van der Waals surface area contributed by atoms with Crippen molar-refractivity contribution in [3.05, 3.63) is 107 Å². The standard InChI is InChI=1S/C24H20N2O2/c1-3-9-17(10-4-1)21-15-27-23(25-21)19-13-7-8-14-20(19)24-26-22(16-28-24)18-11-5-2-6-12-18/h1-14,21-22H,15-16H2/t21-,22-/m1/s1. The van der Waals surface area contributed by atoms with Gasteiger partial charge in [0.05, 0.1) is 0 Å². The number of hydrogen-bond acceptors (Lipinski definition) is 4. The van der Waals surface area contributed by atoms with Gasteiger partial charge in [-0.25, -0.2) is 9.98 Å². The molecule has 0 N–H and O–H groups in total. The topological polar surface area (TPSA) is 43.2 Å². The molecule has 0 unspecified atom stereocenters. The first-order valence-electron chi connectivity index (χ1n) is 9.49. The molecular formula is C24H20N2O2. The van der Waals surface area contributed by atoms with Crippen LogP contribution in [0, 0.1) is 0 Å². The molecule has 0 aromatic heterocycles. The van der Waals surface area contributed by atoms with Gasteiger partial charge in [-0.1, -0.05) is 72.8 Å². The van der Waals surface area contributed by atoms with E-state index in [2.05, 4.69) is 24.3 Å². The largest absolute Gasteiger partial charge is 0.475 e. The molecule has 5 rings (SSSR count). The maximum Gasteiger partial charge on any atom is 0.217 e. The Morgan fingerprint density at radius 3 is 1.36 bits per heavy atom. The number of hydrogen-bond donors (Lipinski definition) is 0. The predicted octanol–water partition coefficient (Wildman–Crippen LogP) is 4.72. The van der Waals surface area contributed by atoms with Crippen LogP contribution in [0.25, 0.3) is 0 Å². The van der Waals surface area contributed by atoms with Gasteiger partial charge in [0.25, 0.3) is 0 Å². The van der Waals surface area contributed by atoms with Gasteiger partial charge in [0.2, 0.25) is 11.8 Å². The smallest absolute Gasteiger partial charge is 0.217 e. The lowest BCUT2D eigenvalue weighted by Crippen LogP contribution is -2.11. The molecule has 0 spiro atoms. The number of rotatable bonds is 4. The number of benzene rings is 3. The van der Waals surface area contributed by atoms with E-state index in [1.54, 1.807) is 0 Å². The molecule has 0 fully saturated rings. The Labute approximate surface area is 164 Å². The molecule has 0 saturated heterocycles. The van der Waals surface area contributed by atoms with Crippen LogP contribution in [0.15, 0.2) is 94.9 Å². The van der Waals surface area contributed by atoms with E-state index in [0.717, 1.165) is 22.3 Å². The summed E-state index contributed by atoms with van der Waals surface area (Å²) in [7, 11) is 0. The third-order valence-corrected chi connectivity index (χ3v) is 5.06. The van der Waals surface area contributed by atoms with Gasteiger partial charge in [0, 0.05) is 11.1 Å². The van der Waals surface area contributed by atoms with Crippen LogP contribution >= 0.6 is 0 Å². The van der Waals surface area contributed by atoms with Crippen LogP contribution in [0.5, 0.6) is 0 Å². The molecule has 3 aromatic rings. The van der Waals surface area contributed by atoms with E-state index in [0.29, 0.717) is 25.0 Å². The van der Waals surface area contributed by atoms with Crippen LogP contribution in [-0.2, 0) is 9.47 Å². The Kier molecular flexibility index (Phi) is 4.37. The lowest BCUT2D eigenvalue weighted by molar-refractivity contribution is 0.316. The van der Waals surface area contributed by atoms with Crippen molar-refractivity contribution in [2.45, 2.75) is 12.1 Å². The van der Waals surface area contributed by atoms with E-state index in [1.165, 1.54) is 0 Å². The molecule has 0 saturated carbocycles. The summed E-state index contributed by atoms with van der Waals surface area (Å²) in [5.41, 5.74) is 4.17. The summed E-state index contributed by atoms with van der Waals surface area (Å²) in [5.74, 6) is 1.30. The Morgan fingerprint density at radius 2 is 0.929 bits per heavy atom. The van der Waals surface area contributed by atoms with Gasteiger partial charge in [0.1, 0.15) is 25.3 Å². The van der Waals surface area contributed by atoms with Crippen molar-refractivity contribution in [1.29, 1.82) is 0 Å². The van der Waals surface area contributed by atoms with Crippen LogP contribution in [0.3, 0.4) is 0 Å². The molecule has 2 heterocycles. The molecular weight excluding hydrogens is 348 g/mol. The maximum atomic E-state index is 5.96. The highest BCUT2D eigenvalue weighted by Gasteiger charge is 2.27. The lowest BCUT2D eigenvalue weighted by Gasteiger charge is -2.08. The summed E-state index contributed by atoms with van der Waals surface area (Å²) < 4.78 is 11.9. The monoisotopic (exact) mass is 368 g/mol. The third kappa shape index (κ3) is 3.18. The summed E-state index contributed by atoms with van der Waals surface area (Å²) in [6.45, 7) is 1.10. The Balaban J connectivity index is 1.46. The zero-order valence-corrected chi connectivity index (χ0v) is 15.4. The fourth-order valence-electron chi connectivity index (χ4n) is 3.59. The van der Waals surface area contributed by atoms with Gasteiger partial charge < -0.3 is 9.47 Å². The second kappa shape index (κ2) is 7.31. The van der Waals surface area contributed by atoms with Crippen molar-refractivity contribution in [2.24, 2.45) is 9.98 Å². The Hall–Kier alpha value is -3.40. The second-order valence-corrected chi connectivity index (χ2v) is 6.89. The minimum Gasteiger partial charge on any atom is -0.475 e. The van der Waals surface area contributed by atoms with Gasteiger partial charge >= 0.3 is 0 Å². The molecule has 4 nitrogen and oxygen atoms in total. The first-order valence-corrected chi connectivity index (χ1v) is 9.49. The molecule has 2 aliphatic rings. The third-order valence-electron chi connectivity index (χ3n) is 5.06. The summed E-state index contributed by atoms with van der Waals surface area (Å²) in [6.07, 6.45) is 0. The quantitative estimate of drug-likeness (QED) is 0.669. The molecule has 0 bridgehead atoms. The molecule has 28 heavy (non-hydrogen) atoms. The van der Waals surface area contributed by atoms with E-state index >= 15 is 0 Å². The molecule has 0 aliphatic carbocycles. The minimum atomic E-state index is 0.0211. The van der Waals surface area contributed by atoms with E-state index in [-0.39, 0.29) is 12.1 Å². The van der Waals surface area contributed by atoms with Gasteiger partial charge in [-0.15, -0.1) is 0 Å². The Bertz CT molecular complexity index is 944. The maximum absolute atomic E-state index is 5.96. The fourth-order valence-corrected chi connectivity index (χ4v) is 3.59. The predicted molar refractivity (Wildman–Crippen MR) is 110 cm³/mol. The fraction of sp³-hybridized carbons (Fsp3) is 0.167. The molecule has 2 aliphatic heterocycles. The molecule has 4 heteroatoms. The SMILES string of the molecule is c1ccc([C@H]2COC(c3ccccc3C3=N[C@@H](c4ccccc4)CO3)=N2)cc1. The highest BCUT2D eigenvalue weighted by atomic mass is 16.5. The number of ether oxygens (including phenoxy) is 2. The lowest BCUT2D eigenvalue weighted by atomic mass is 10.1. The van der Waals surface area contributed by atoms with E-state index in [9.17, 15) is 0 Å². The number of aliphatic imine (C=N–C) groups is 2. The zero-order chi connectivity index (χ0) is 18.8. The number of nitrogens with zero attached hydrogens (tertiary/aromatic N) is 2. The molecule has 0 radical (unpaired) electrons. The highest BCUT2D eigenvalue weighted by Crippen LogP contribution is 2.29. The normalized spacial score (nSPS) is 20.9. The van der Waals surface area contributed by atoms with E-state index in [1.807, 2.05) is 60.7 Å². The second-order valence-electron chi connectivity index (χ2n) is 6.89. The van der Waals surface area contributed by atoms with Crippen LogP contribution in [-0.4, -0.2) is 25.0 Å². The summed E-state index contributed by atoms with van der Waals surface area (Å²) in [5, 5.41) is 0. The zero-order valence-electron chi connectivity index (χ0n) is 15.4. The van der Waals surface area contributed by atoms with Gasteiger partial charge in [-0.05, 0) is 23.3 Å². The molecule has 3 aromatic carbocycles. The first-order chi connectivity index (χ1) is 13.9. The van der Waals surface area contributed by atoms with Gasteiger partial charge in [-0.3, -0.25) is 0 Å². The van der Waals surface area contributed by atoms with Crippen LogP contribution < -0.4 is 0 Å². The van der Waals surface area contributed by atoms with Crippen molar-refractivity contribution in [3.8, 4) is 0 Å². The van der Waals surface area contributed by atoms with Gasteiger partial charge in [0.15, 0.2) is 0 Å². The summed E-state index contributed by atoms with van der Waals surface area (Å²) in [6, 6.07) is 28.5. The molecule has 2 atom stereocenters. The van der Waals surface area contributed by atoms with Crippen molar-refractivity contribution in [3.63, 3.8) is 0 Å². The summed E-state index contributed by atoms with van der Waals surface area (Å²) in [4.78, 5) is 9.64. The summed E-state index contributed by atoms with van der Waals surface area (Å²) >= 11 is 0. The van der Waals surface area contributed by atoms with Crippen molar-refractivity contribution in [2.75, 3.05) is 13.2 Å². The van der Waals surface area contributed by atoms with E-state index in [4.69, 9.17) is 19.5 Å². The van der Waals surface area contributed by atoms with E-state index < -0.39 is 0 Å². The van der Waals surface area contributed by atoms with Crippen LogP contribution in [0.4, 0.5) is 0 Å².